The van der Waals surface area contributed by atoms with Crippen molar-refractivity contribution >= 4 is 11.6 Å². The molecule has 1 rings (SSSR count). The van der Waals surface area contributed by atoms with Crippen LogP contribution in [0.15, 0.2) is 12.1 Å². The van der Waals surface area contributed by atoms with E-state index in [9.17, 15) is 13.6 Å². The zero-order valence-corrected chi connectivity index (χ0v) is 10.3. The van der Waals surface area contributed by atoms with Crippen LogP contribution < -0.4 is 11.1 Å². The predicted molar refractivity (Wildman–Crippen MR) is 64.0 cm³/mol. The summed E-state index contributed by atoms with van der Waals surface area (Å²) in [6, 6.07) is 1.52. The molecule has 0 heterocycles. The lowest BCUT2D eigenvalue weighted by molar-refractivity contribution is 0.0911. The lowest BCUT2D eigenvalue weighted by Gasteiger charge is -2.22. The molecule has 18 heavy (non-hydrogen) atoms. The molecule has 0 fully saturated rings. The van der Waals surface area contributed by atoms with Gasteiger partial charge in [-0.1, -0.05) is 13.8 Å². The van der Waals surface area contributed by atoms with Crippen molar-refractivity contribution in [1.29, 1.82) is 0 Å². The highest BCUT2D eigenvalue weighted by Crippen LogP contribution is 2.18. The molecule has 4 nitrogen and oxygen atoms in total. The number of carbonyl (C=O) groups is 1. The molecule has 6 heteroatoms. The Morgan fingerprint density at radius 2 is 1.94 bits per heavy atom. The molecule has 1 aromatic rings. The fourth-order valence-corrected chi connectivity index (χ4v) is 1.23. The number of rotatable bonds is 4. The van der Waals surface area contributed by atoms with Crippen LogP contribution in [0.3, 0.4) is 0 Å². The summed E-state index contributed by atoms with van der Waals surface area (Å²) in [6.07, 6.45) is 0. The van der Waals surface area contributed by atoms with Gasteiger partial charge in [0.05, 0.1) is 5.56 Å². The van der Waals surface area contributed by atoms with Gasteiger partial charge in [-0.15, -0.1) is 0 Å². The number of nitrogens with one attached hydrogen (secondary N) is 1. The molecule has 0 atom stereocenters. The van der Waals surface area contributed by atoms with Gasteiger partial charge in [0.15, 0.2) is 11.6 Å². The number of aliphatic hydroxyl groups is 1. The van der Waals surface area contributed by atoms with Crippen molar-refractivity contribution in [3.05, 3.63) is 29.3 Å². The first kappa shape index (κ1) is 14.4. The monoisotopic (exact) mass is 258 g/mol. The van der Waals surface area contributed by atoms with Crippen LogP contribution >= 0.6 is 0 Å². The molecule has 1 aromatic carbocycles. The molecule has 0 spiro atoms. The molecule has 4 N–H and O–H groups in total. The molecule has 100 valence electrons. The van der Waals surface area contributed by atoms with Crippen LogP contribution in [0, 0.1) is 17.0 Å². The predicted octanol–water partition coefficient (Wildman–Crippen LogP) is 1.30. The summed E-state index contributed by atoms with van der Waals surface area (Å²) in [6.45, 7) is 3.59. The number of nitrogen functional groups attached to an aromatic ring is 1. The van der Waals surface area contributed by atoms with Crippen LogP contribution in [0.25, 0.3) is 0 Å². The molecule has 0 radical (unpaired) electrons. The topological polar surface area (TPSA) is 75.3 Å². The molecule has 0 aromatic heterocycles. The third-order valence-electron chi connectivity index (χ3n) is 2.49. The number of aliphatic hydroxyl groups excluding tert-OH is 1. The summed E-state index contributed by atoms with van der Waals surface area (Å²) >= 11 is 0. The van der Waals surface area contributed by atoms with Gasteiger partial charge in [0.2, 0.25) is 0 Å². The summed E-state index contributed by atoms with van der Waals surface area (Å²) in [5.41, 5.74) is 4.70. The summed E-state index contributed by atoms with van der Waals surface area (Å²) in [4.78, 5) is 11.7. The molecular weight excluding hydrogens is 242 g/mol. The van der Waals surface area contributed by atoms with E-state index in [1.807, 2.05) is 0 Å². The minimum atomic E-state index is -1.13. The van der Waals surface area contributed by atoms with Gasteiger partial charge in [-0.05, 0) is 6.07 Å². The highest BCUT2D eigenvalue weighted by atomic mass is 19.2. The van der Waals surface area contributed by atoms with Crippen molar-refractivity contribution in [1.82, 2.24) is 5.32 Å². The zero-order valence-electron chi connectivity index (χ0n) is 10.3. The summed E-state index contributed by atoms with van der Waals surface area (Å²) in [5, 5.41) is 11.5. The second kappa shape index (κ2) is 5.30. The van der Waals surface area contributed by atoms with Gasteiger partial charge in [-0.25, -0.2) is 8.78 Å². The lowest BCUT2D eigenvalue weighted by atomic mass is 9.95. The van der Waals surface area contributed by atoms with Crippen LogP contribution in [0.1, 0.15) is 24.2 Å². The maximum Gasteiger partial charge on any atom is 0.253 e. The van der Waals surface area contributed by atoms with Crippen molar-refractivity contribution < 1.29 is 18.7 Å². The standard InChI is InChI=1S/C12H16F2N2O2/c1-12(2,6-17)5-16-11(18)7-3-8(13)9(14)4-10(7)15/h3-4,17H,5-6,15H2,1-2H3,(H,16,18). The fourth-order valence-electron chi connectivity index (χ4n) is 1.23. The molecular formula is C12H16F2N2O2. The van der Waals surface area contributed by atoms with Crippen LogP contribution in [0.5, 0.6) is 0 Å². The molecule has 0 aliphatic carbocycles. The third kappa shape index (κ3) is 3.40. The molecule has 0 aliphatic heterocycles. The van der Waals surface area contributed by atoms with Crippen LogP contribution in [-0.4, -0.2) is 24.2 Å². The fraction of sp³-hybridized carbons (Fsp3) is 0.417. The first-order valence-electron chi connectivity index (χ1n) is 5.40. The van der Waals surface area contributed by atoms with Gasteiger partial charge in [-0.2, -0.15) is 0 Å². The first-order valence-corrected chi connectivity index (χ1v) is 5.40. The second-order valence-corrected chi connectivity index (χ2v) is 4.86. The van der Waals surface area contributed by atoms with E-state index in [4.69, 9.17) is 10.8 Å². The molecule has 0 bridgehead atoms. The third-order valence-corrected chi connectivity index (χ3v) is 2.49. The Bertz CT molecular complexity index is 462. The van der Waals surface area contributed by atoms with Crippen LogP contribution in [-0.2, 0) is 0 Å². The zero-order chi connectivity index (χ0) is 13.9. The average molecular weight is 258 g/mol. The van der Waals surface area contributed by atoms with E-state index in [1.165, 1.54) is 0 Å². The number of halogens is 2. The summed E-state index contributed by atoms with van der Waals surface area (Å²) in [7, 11) is 0. The largest absolute Gasteiger partial charge is 0.398 e. The van der Waals surface area contributed by atoms with Gasteiger partial charge >= 0.3 is 0 Å². The Hall–Kier alpha value is -1.69. The minimum Gasteiger partial charge on any atom is -0.398 e. The van der Waals surface area contributed by atoms with Crippen molar-refractivity contribution in [2.75, 3.05) is 18.9 Å². The second-order valence-electron chi connectivity index (χ2n) is 4.86. The van der Waals surface area contributed by atoms with Gasteiger partial charge in [0, 0.05) is 30.3 Å². The quantitative estimate of drug-likeness (QED) is 0.712. The van der Waals surface area contributed by atoms with Crippen molar-refractivity contribution in [3.8, 4) is 0 Å². The van der Waals surface area contributed by atoms with Gasteiger partial charge < -0.3 is 16.2 Å². The maximum atomic E-state index is 13.0. The van der Waals surface area contributed by atoms with Gasteiger partial charge in [0.25, 0.3) is 5.91 Å². The van der Waals surface area contributed by atoms with E-state index in [-0.39, 0.29) is 24.4 Å². The Labute approximate surface area is 104 Å². The Kier molecular flexibility index (Phi) is 4.24. The van der Waals surface area contributed by atoms with Crippen molar-refractivity contribution in [2.45, 2.75) is 13.8 Å². The Morgan fingerprint density at radius 1 is 1.39 bits per heavy atom. The van der Waals surface area contributed by atoms with E-state index in [0.717, 1.165) is 12.1 Å². The van der Waals surface area contributed by atoms with E-state index in [0.29, 0.717) is 0 Å². The number of benzene rings is 1. The number of amides is 1. The number of anilines is 1. The molecule has 0 unspecified atom stereocenters. The Balaban J connectivity index is 2.82. The van der Waals surface area contributed by atoms with E-state index >= 15 is 0 Å². The highest BCUT2D eigenvalue weighted by molar-refractivity contribution is 5.99. The average Bonchev–Trinajstić information content (AvgIpc) is 2.31. The SMILES string of the molecule is CC(C)(CO)CNC(=O)c1cc(F)c(F)cc1N. The highest BCUT2D eigenvalue weighted by Gasteiger charge is 2.20. The Morgan fingerprint density at radius 3 is 2.50 bits per heavy atom. The van der Waals surface area contributed by atoms with E-state index in [2.05, 4.69) is 5.32 Å². The number of nitrogens with two attached hydrogens (primary N) is 1. The molecule has 1 amide bonds. The molecule has 0 saturated carbocycles. The first-order chi connectivity index (χ1) is 8.26. The normalized spacial score (nSPS) is 11.4. The summed E-state index contributed by atoms with van der Waals surface area (Å²) < 4.78 is 25.8. The molecule has 0 saturated heterocycles. The number of hydrogen-bond donors (Lipinski definition) is 3. The number of carbonyl (C=O) groups excluding carboxylic acids is 1. The maximum absolute atomic E-state index is 13.0. The number of hydrogen-bond acceptors (Lipinski definition) is 3. The van der Waals surface area contributed by atoms with Crippen molar-refractivity contribution in [3.63, 3.8) is 0 Å². The van der Waals surface area contributed by atoms with Gasteiger partial charge in [-0.3, -0.25) is 4.79 Å². The van der Waals surface area contributed by atoms with E-state index in [1.54, 1.807) is 13.8 Å². The van der Waals surface area contributed by atoms with E-state index < -0.39 is 23.0 Å². The van der Waals surface area contributed by atoms with Crippen molar-refractivity contribution in [2.24, 2.45) is 5.41 Å². The summed E-state index contributed by atoms with van der Waals surface area (Å²) in [5.74, 6) is -2.83. The van der Waals surface area contributed by atoms with Crippen LogP contribution in [0.2, 0.25) is 0 Å². The van der Waals surface area contributed by atoms with Crippen LogP contribution in [0.4, 0.5) is 14.5 Å². The van der Waals surface area contributed by atoms with Gasteiger partial charge in [0.1, 0.15) is 0 Å². The molecule has 0 aliphatic rings. The smallest absolute Gasteiger partial charge is 0.253 e. The minimum absolute atomic E-state index is 0.111. The lowest BCUT2D eigenvalue weighted by Crippen LogP contribution is -2.36.